The Labute approximate surface area is 103 Å². The zero-order valence-corrected chi connectivity index (χ0v) is 10.7. The Bertz CT molecular complexity index is 420. The minimum absolute atomic E-state index is 0.0187. The van der Waals surface area contributed by atoms with Gasteiger partial charge >= 0.3 is 0 Å². The Morgan fingerprint density at radius 3 is 2.82 bits per heavy atom. The van der Waals surface area contributed by atoms with E-state index < -0.39 is 0 Å². The van der Waals surface area contributed by atoms with E-state index in [0.29, 0.717) is 5.75 Å². The van der Waals surface area contributed by atoms with Gasteiger partial charge in [0.2, 0.25) is 5.27 Å². The molecule has 1 aromatic heterocycles. The minimum Gasteiger partial charge on any atom is -0.660 e. The molecule has 0 saturated heterocycles. The summed E-state index contributed by atoms with van der Waals surface area (Å²) in [7, 11) is 1.53. The van der Waals surface area contributed by atoms with Crippen molar-refractivity contribution in [3.63, 3.8) is 0 Å². The zero-order valence-electron chi connectivity index (χ0n) is 9.84. The van der Waals surface area contributed by atoms with Crippen LogP contribution in [-0.4, -0.2) is 29.1 Å². The van der Waals surface area contributed by atoms with E-state index in [4.69, 9.17) is 5.73 Å². The quantitative estimate of drug-likeness (QED) is 0.740. The van der Waals surface area contributed by atoms with Crippen LogP contribution < -0.4 is 9.80 Å². The van der Waals surface area contributed by atoms with Crippen LogP contribution >= 0.6 is 11.8 Å². The molecule has 0 radical (unpaired) electrons. The molecule has 8 heteroatoms. The van der Waals surface area contributed by atoms with Gasteiger partial charge < -0.3 is 10.3 Å². The fourth-order valence-corrected chi connectivity index (χ4v) is 1.74. The zero-order chi connectivity index (χ0) is 13.0. The fourth-order valence-electron chi connectivity index (χ4n) is 1.11. The first-order valence-corrected chi connectivity index (χ1v) is 5.92. The molecule has 1 amide bonds. The fraction of sp³-hybridized carbons (Fsp3) is 0.556. The third-order valence-electron chi connectivity index (χ3n) is 2.04. The van der Waals surface area contributed by atoms with Gasteiger partial charge in [-0.15, -0.1) is 0 Å². The predicted octanol–water partition coefficient (Wildman–Crippen LogP) is 0.656. The number of amides is 1. The first-order chi connectivity index (χ1) is 7.91. The SMILES string of the molecule is CC(=O)SC[C@@H](C)C(=O)N(C)[n+]1cc([NH-])on1. The molecular weight excluding hydrogens is 244 g/mol. The standard InChI is InChI=1S/C9H14N4O3S/c1-6(5-17-7(2)14)9(15)12(3)13-4-8(10)16-11-13/h4,6H,5H2,1-3H3,(H-,10,11)/t6-/m1/s1. The minimum atomic E-state index is -0.313. The van der Waals surface area contributed by atoms with Crippen LogP contribution in [0.1, 0.15) is 13.8 Å². The van der Waals surface area contributed by atoms with Crippen molar-refractivity contribution in [3.8, 4) is 0 Å². The van der Waals surface area contributed by atoms with Gasteiger partial charge in [-0.05, 0) is 0 Å². The summed E-state index contributed by atoms with van der Waals surface area (Å²) in [5.74, 6) is -0.218. The van der Waals surface area contributed by atoms with Gasteiger partial charge in [0, 0.05) is 12.7 Å². The second kappa shape index (κ2) is 5.67. The monoisotopic (exact) mass is 258 g/mol. The summed E-state index contributed by atoms with van der Waals surface area (Å²) < 4.78 is 4.54. The van der Waals surface area contributed by atoms with Crippen molar-refractivity contribution < 1.29 is 18.9 Å². The topological polar surface area (TPSA) is 91.1 Å². The van der Waals surface area contributed by atoms with Crippen LogP contribution in [0.15, 0.2) is 10.7 Å². The van der Waals surface area contributed by atoms with Crippen LogP contribution in [0.25, 0.3) is 5.73 Å². The van der Waals surface area contributed by atoms with Crippen molar-refractivity contribution in [2.45, 2.75) is 13.8 Å². The molecule has 0 bridgehead atoms. The first kappa shape index (κ1) is 13.5. The molecule has 0 aromatic carbocycles. The molecule has 0 fully saturated rings. The lowest BCUT2D eigenvalue weighted by atomic mass is 10.2. The van der Waals surface area contributed by atoms with Crippen LogP contribution in [0.5, 0.6) is 0 Å². The molecule has 0 unspecified atom stereocenters. The van der Waals surface area contributed by atoms with E-state index in [-0.39, 0.29) is 22.8 Å². The van der Waals surface area contributed by atoms with Crippen molar-refractivity contribution in [3.05, 3.63) is 11.9 Å². The molecule has 1 N–H and O–H groups in total. The highest BCUT2D eigenvalue weighted by Gasteiger charge is 2.26. The van der Waals surface area contributed by atoms with E-state index in [1.165, 1.54) is 25.2 Å². The molecule has 7 nitrogen and oxygen atoms in total. The van der Waals surface area contributed by atoms with Crippen LogP contribution in [0.2, 0.25) is 0 Å². The van der Waals surface area contributed by atoms with E-state index in [1.54, 1.807) is 6.92 Å². The number of thioether (sulfide) groups is 1. The lowest BCUT2D eigenvalue weighted by molar-refractivity contribution is -0.747. The number of carbonyl (C=O) groups excluding carboxylic acids is 2. The van der Waals surface area contributed by atoms with E-state index >= 15 is 0 Å². The maximum atomic E-state index is 11.9. The molecule has 1 aromatic rings. The summed E-state index contributed by atoms with van der Waals surface area (Å²) in [6.07, 6.45) is 1.28. The summed E-state index contributed by atoms with van der Waals surface area (Å²) in [5.41, 5.74) is 7.16. The molecule has 0 aliphatic heterocycles. The molecule has 1 atom stereocenters. The highest BCUT2D eigenvalue weighted by molar-refractivity contribution is 8.13. The lowest BCUT2D eigenvalue weighted by Gasteiger charge is -2.11. The Morgan fingerprint density at radius 1 is 1.71 bits per heavy atom. The first-order valence-electron chi connectivity index (χ1n) is 4.93. The number of carbonyl (C=O) groups is 2. The third kappa shape index (κ3) is 3.74. The predicted molar refractivity (Wildman–Crippen MR) is 62.1 cm³/mol. The number of aromatic nitrogens is 2. The molecule has 94 valence electrons. The summed E-state index contributed by atoms with van der Waals surface area (Å²) in [5, 5.41) is 4.72. The molecule has 0 spiro atoms. The van der Waals surface area contributed by atoms with Gasteiger partial charge in [-0.1, -0.05) is 23.7 Å². The normalized spacial score (nSPS) is 12.2. The van der Waals surface area contributed by atoms with E-state index in [2.05, 4.69) is 9.79 Å². The second-order valence-corrected chi connectivity index (χ2v) is 4.75. The maximum absolute atomic E-state index is 11.9. The second-order valence-electron chi connectivity index (χ2n) is 3.55. The van der Waals surface area contributed by atoms with Gasteiger partial charge in [0.1, 0.15) is 5.88 Å². The third-order valence-corrected chi connectivity index (χ3v) is 3.11. The highest BCUT2D eigenvalue weighted by Crippen LogP contribution is 2.10. The van der Waals surface area contributed by atoms with Crippen LogP contribution in [-0.2, 0) is 9.59 Å². The maximum Gasteiger partial charge on any atom is 0.283 e. The Morgan fingerprint density at radius 2 is 2.35 bits per heavy atom. The number of rotatable bonds is 4. The van der Waals surface area contributed by atoms with Gasteiger partial charge in [0.15, 0.2) is 5.12 Å². The van der Waals surface area contributed by atoms with Gasteiger partial charge in [-0.3, -0.25) is 9.59 Å². The molecule has 1 rings (SSSR count). The van der Waals surface area contributed by atoms with Crippen LogP contribution in [0, 0.1) is 5.92 Å². The van der Waals surface area contributed by atoms with Crippen LogP contribution in [0.4, 0.5) is 5.88 Å². The number of nitrogens with zero attached hydrogens (tertiary/aromatic N) is 3. The van der Waals surface area contributed by atoms with Crippen molar-refractivity contribution >= 4 is 28.7 Å². The molecule has 0 aliphatic carbocycles. The molecule has 1 heterocycles. The average molecular weight is 258 g/mol. The van der Waals surface area contributed by atoms with E-state index in [1.807, 2.05) is 0 Å². The van der Waals surface area contributed by atoms with Gasteiger partial charge in [0.05, 0.1) is 17.8 Å². The number of hydrogen-bond donors (Lipinski definition) is 0. The van der Waals surface area contributed by atoms with Crippen molar-refractivity contribution in [2.75, 3.05) is 17.8 Å². The summed E-state index contributed by atoms with van der Waals surface area (Å²) in [6.45, 7) is 3.20. The van der Waals surface area contributed by atoms with Crippen molar-refractivity contribution in [1.82, 2.24) is 5.27 Å². The largest absolute Gasteiger partial charge is 0.660 e. The Hall–Kier alpha value is -1.57. The van der Waals surface area contributed by atoms with Crippen LogP contribution in [0.3, 0.4) is 0 Å². The number of hydrogen-bond acceptors (Lipinski definition) is 5. The van der Waals surface area contributed by atoms with Gasteiger partial charge in [-0.25, -0.2) is 0 Å². The van der Waals surface area contributed by atoms with E-state index in [0.717, 1.165) is 16.6 Å². The Kier molecular flexibility index (Phi) is 4.50. The Balaban J connectivity index is 2.60. The highest BCUT2D eigenvalue weighted by atomic mass is 32.2. The van der Waals surface area contributed by atoms with Gasteiger partial charge in [0.25, 0.3) is 12.1 Å². The number of nitrogens with one attached hydrogen (secondary N) is 1. The molecule has 0 saturated carbocycles. The van der Waals surface area contributed by atoms with E-state index in [9.17, 15) is 9.59 Å². The van der Waals surface area contributed by atoms with Gasteiger partial charge in [-0.2, -0.15) is 0 Å². The lowest BCUT2D eigenvalue weighted by Crippen LogP contribution is -2.60. The average Bonchev–Trinajstić information content (AvgIpc) is 2.70. The van der Waals surface area contributed by atoms with Crippen molar-refractivity contribution in [2.24, 2.45) is 5.92 Å². The summed E-state index contributed by atoms with van der Waals surface area (Å²) >= 11 is 1.11. The molecule has 0 aliphatic rings. The smallest absolute Gasteiger partial charge is 0.283 e. The molecular formula is C9H14N4O3S. The summed E-state index contributed by atoms with van der Waals surface area (Å²) in [4.78, 5) is 23.8. The molecule has 17 heavy (non-hydrogen) atoms. The van der Waals surface area contributed by atoms with Crippen molar-refractivity contribution in [1.29, 1.82) is 0 Å². The summed E-state index contributed by atoms with van der Waals surface area (Å²) in [6, 6.07) is 0.